The van der Waals surface area contributed by atoms with E-state index in [1.165, 1.54) is 0 Å². The topological polar surface area (TPSA) is 35.1 Å². The van der Waals surface area contributed by atoms with Gasteiger partial charge in [-0.15, -0.1) is 4.72 Å². The molecule has 0 radical (unpaired) electrons. The number of alkyl halides is 3. The van der Waals surface area contributed by atoms with Crippen LogP contribution in [0.3, 0.4) is 0 Å². The molecule has 102 valence electrons. The first-order chi connectivity index (χ1) is 7.59. The second-order valence-electron chi connectivity index (χ2n) is 5.60. The molecule has 6 heteroatoms. The lowest BCUT2D eigenvalue weighted by atomic mass is 10.1. The van der Waals surface area contributed by atoms with Crippen molar-refractivity contribution in [2.75, 3.05) is 0 Å². The van der Waals surface area contributed by atoms with Gasteiger partial charge in [-0.3, -0.25) is 0 Å². The molecule has 0 aromatic carbocycles. The quantitative estimate of drug-likeness (QED) is 0.780. The summed E-state index contributed by atoms with van der Waals surface area (Å²) in [6, 6.07) is -0.267. The van der Waals surface area contributed by atoms with Gasteiger partial charge in [0.15, 0.2) is 0 Å². The third-order valence-electron chi connectivity index (χ3n) is 2.74. The van der Waals surface area contributed by atoms with Crippen molar-refractivity contribution in [1.29, 1.82) is 0 Å². The molecule has 0 aromatic rings. The van der Waals surface area contributed by atoms with E-state index in [0.29, 0.717) is 0 Å². The Morgan fingerprint density at radius 3 is 2.18 bits per heavy atom. The van der Waals surface area contributed by atoms with Gasteiger partial charge in [0.05, 0.1) is 6.04 Å². The van der Waals surface area contributed by atoms with Crippen LogP contribution in [0.1, 0.15) is 46.5 Å². The Labute approximate surface area is 104 Å². The average Bonchev–Trinajstić information content (AvgIpc) is 2.91. The van der Waals surface area contributed by atoms with Gasteiger partial charge < -0.3 is 4.55 Å². The van der Waals surface area contributed by atoms with Crippen LogP contribution in [0.4, 0.5) is 13.2 Å². The van der Waals surface area contributed by atoms with Crippen molar-refractivity contribution in [2.24, 2.45) is 5.92 Å². The minimum absolute atomic E-state index is 0.0238. The molecule has 0 bridgehead atoms. The van der Waals surface area contributed by atoms with E-state index >= 15 is 0 Å². The second-order valence-corrected chi connectivity index (χ2v) is 7.59. The van der Waals surface area contributed by atoms with Crippen LogP contribution in [-0.2, 0) is 11.4 Å². The molecule has 0 aromatic heterocycles. The SMILES string of the molecule is CC(C)(C)[S@+]([O-])NC(CCC(F)(F)F)C1CC1. The molecule has 1 N–H and O–H groups in total. The molecule has 1 rings (SSSR count). The minimum atomic E-state index is -4.13. The predicted octanol–water partition coefficient (Wildman–Crippen LogP) is 3.16. The summed E-state index contributed by atoms with van der Waals surface area (Å²) in [6.45, 7) is 5.43. The maximum Gasteiger partial charge on any atom is 0.389 e. The first-order valence-corrected chi connectivity index (χ1v) is 6.99. The lowest BCUT2D eigenvalue weighted by Gasteiger charge is -2.28. The Morgan fingerprint density at radius 2 is 1.82 bits per heavy atom. The number of hydrogen-bond donors (Lipinski definition) is 1. The standard InChI is InChI=1S/C11H20F3NOS/c1-10(2,3)17(16)15-9(8-4-5-8)6-7-11(12,13)14/h8-9,15H,4-7H2,1-3H3/t9?,17-/m0/s1. The molecule has 0 spiro atoms. The van der Waals surface area contributed by atoms with Gasteiger partial charge in [-0.25, -0.2) is 0 Å². The van der Waals surface area contributed by atoms with Crippen LogP contribution in [0, 0.1) is 5.92 Å². The highest BCUT2D eigenvalue weighted by Crippen LogP contribution is 2.37. The van der Waals surface area contributed by atoms with Gasteiger partial charge in [0, 0.05) is 17.8 Å². The lowest BCUT2D eigenvalue weighted by molar-refractivity contribution is -0.136. The van der Waals surface area contributed by atoms with E-state index < -0.39 is 28.7 Å². The first kappa shape index (κ1) is 15.1. The van der Waals surface area contributed by atoms with E-state index in [9.17, 15) is 17.7 Å². The van der Waals surface area contributed by atoms with E-state index in [1.807, 2.05) is 20.8 Å². The summed E-state index contributed by atoms with van der Waals surface area (Å²) in [6.07, 6.45) is -3.02. The Bertz CT molecular complexity index is 248. The molecule has 1 saturated carbocycles. The Balaban J connectivity index is 2.44. The molecule has 0 amide bonds. The van der Waals surface area contributed by atoms with Crippen LogP contribution in [0.2, 0.25) is 0 Å². The van der Waals surface area contributed by atoms with Crippen molar-refractivity contribution in [2.45, 2.75) is 63.4 Å². The summed E-state index contributed by atoms with van der Waals surface area (Å²) < 4.78 is 50.8. The number of halogens is 3. The van der Waals surface area contributed by atoms with Gasteiger partial charge >= 0.3 is 6.18 Å². The van der Waals surface area contributed by atoms with E-state index in [2.05, 4.69) is 4.72 Å². The van der Waals surface area contributed by atoms with Crippen LogP contribution in [0.25, 0.3) is 0 Å². The maximum absolute atomic E-state index is 12.2. The Kier molecular flexibility index (Phi) is 4.77. The third-order valence-corrected chi connectivity index (χ3v) is 4.37. The molecule has 1 fully saturated rings. The van der Waals surface area contributed by atoms with Gasteiger partial charge in [0.1, 0.15) is 4.75 Å². The van der Waals surface area contributed by atoms with Crippen molar-refractivity contribution < 1.29 is 17.7 Å². The van der Waals surface area contributed by atoms with Gasteiger partial charge in [0.2, 0.25) is 0 Å². The lowest BCUT2D eigenvalue weighted by Crippen LogP contribution is -2.45. The van der Waals surface area contributed by atoms with Crippen LogP contribution >= 0.6 is 0 Å². The van der Waals surface area contributed by atoms with Crippen molar-refractivity contribution in [3.05, 3.63) is 0 Å². The highest BCUT2D eigenvalue weighted by Gasteiger charge is 2.39. The zero-order chi connectivity index (χ0) is 13.3. The van der Waals surface area contributed by atoms with Gasteiger partial charge in [-0.2, -0.15) is 13.2 Å². The molecular weight excluding hydrogens is 251 g/mol. The highest BCUT2D eigenvalue weighted by atomic mass is 32.2. The fourth-order valence-electron chi connectivity index (χ4n) is 1.52. The van der Waals surface area contributed by atoms with Crippen LogP contribution in [-0.4, -0.2) is 21.5 Å². The van der Waals surface area contributed by atoms with Crippen LogP contribution in [0.15, 0.2) is 0 Å². The molecule has 17 heavy (non-hydrogen) atoms. The summed E-state index contributed by atoms with van der Waals surface area (Å²) in [5, 5.41) is 0. The molecule has 0 saturated heterocycles. The molecule has 1 unspecified atom stereocenters. The van der Waals surface area contributed by atoms with Crippen molar-refractivity contribution in [1.82, 2.24) is 4.72 Å². The molecule has 0 aliphatic heterocycles. The van der Waals surface area contributed by atoms with Crippen molar-refractivity contribution >= 4 is 11.4 Å². The van der Waals surface area contributed by atoms with Crippen molar-refractivity contribution in [3.63, 3.8) is 0 Å². The summed E-state index contributed by atoms with van der Waals surface area (Å²) in [7, 11) is 0. The maximum atomic E-state index is 12.2. The van der Waals surface area contributed by atoms with E-state index in [0.717, 1.165) is 12.8 Å². The largest absolute Gasteiger partial charge is 0.598 e. The number of hydrogen-bond acceptors (Lipinski definition) is 2. The highest BCUT2D eigenvalue weighted by molar-refractivity contribution is 7.90. The van der Waals surface area contributed by atoms with E-state index in [1.54, 1.807) is 0 Å². The molecule has 1 aliphatic carbocycles. The van der Waals surface area contributed by atoms with E-state index in [-0.39, 0.29) is 18.4 Å². The normalized spacial score (nSPS) is 21.4. The zero-order valence-corrected chi connectivity index (χ0v) is 11.3. The fraction of sp³-hybridized carbons (Fsp3) is 1.00. The van der Waals surface area contributed by atoms with Gasteiger partial charge in [-0.05, 0) is 46.0 Å². The third kappa shape index (κ3) is 5.97. The number of rotatable bonds is 5. The second kappa shape index (κ2) is 5.36. The summed E-state index contributed by atoms with van der Waals surface area (Å²) in [5.41, 5.74) is 0. The monoisotopic (exact) mass is 271 g/mol. The smallest absolute Gasteiger partial charge is 0.389 e. The minimum Gasteiger partial charge on any atom is -0.598 e. The molecule has 0 heterocycles. The summed E-state index contributed by atoms with van der Waals surface area (Å²) in [4.78, 5) is 0. The summed E-state index contributed by atoms with van der Waals surface area (Å²) in [5.74, 6) is 0.267. The first-order valence-electron chi connectivity index (χ1n) is 5.84. The Hall–Kier alpha value is 0.0600. The van der Waals surface area contributed by atoms with Gasteiger partial charge in [0.25, 0.3) is 0 Å². The predicted molar refractivity (Wildman–Crippen MR) is 62.8 cm³/mol. The fourth-order valence-corrected chi connectivity index (χ4v) is 2.46. The van der Waals surface area contributed by atoms with Crippen LogP contribution < -0.4 is 4.72 Å². The van der Waals surface area contributed by atoms with Crippen LogP contribution in [0.5, 0.6) is 0 Å². The Morgan fingerprint density at radius 1 is 1.29 bits per heavy atom. The molecular formula is C11H20F3NOS. The molecule has 1 aliphatic rings. The zero-order valence-electron chi connectivity index (χ0n) is 10.4. The van der Waals surface area contributed by atoms with E-state index in [4.69, 9.17) is 0 Å². The van der Waals surface area contributed by atoms with Gasteiger partial charge in [-0.1, -0.05) is 0 Å². The molecule has 2 nitrogen and oxygen atoms in total. The average molecular weight is 271 g/mol. The van der Waals surface area contributed by atoms with Crippen molar-refractivity contribution in [3.8, 4) is 0 Å². The summed E-state index contributed by atoms with van der Waals surface area (Å²) >= 11 is -1.29. The molecule has 2 atom stereocenters. The number of nitrogens with one attached hydrogen (secondary N) is 1.